The molecule has 0 aliphatic carbocycles. The number of amides is 2. The number of para-hydroxylation sites is 1. The van der Waals surface area contributed by atoms with Crippen LogP contribution < -0.4 is 10.6 Å². The number of hydrogen-bond acceptors (Lipinski definition) is 5. The van der Waals surface area contributed by atoms with Gasteiger partial charge >= 0.3 is 5.97 Å². The molecule has 1 atom stereocenters. The molecule has 0 spiro atoms. The van der Waals surface area contributed by atoms with Crippen LogP contribution in [0.25, 0.3) is 5.69 Å². The summed E-state index contributed by atoms with van der Waals surface area (Å²) in [4.78, 5) is 36.7. The van der Waals surface area contributed by atoms with Crippen molar-refractivity contribution >= 4 is 35.1 Å². The lowest BCUT2D eigenvalue weighted by Crippen LogP contribution is -2.40. The Morgan fingerprint density at radius 1 is 1.09 bits per heavy atom. The number of aromatic nitrogens is 2. The molecule has 0 aliphatic rings. The van der Waals surface area contributed by atoms with E-state index in [1.807, 2.05) is 5.32 Å². The van der Waals surface area contributed by atoms with E-state index >= 15 is 0 Å². The molecule has 3 aromatic rings. The zero-order valence-electron chi connectivity index (χ0n) is 17.9. The molecule has 12 heteroatoms. The normalized spacial score (nSPS) is 11.6. The average molecular weight is 495 g/mol. The van der Waals surface area contributed by atoms with Crippen molar-refractivity contribution < 1.29 is 32.3 Å². The second kappa shape index (κ2) is 10.4. The summed E-state index contributed by atoms with van der Waals surface area (Å²) in [5.74, 6) is -7.39. The number of ether oxygens (including phenoxy) is 1. The molecule has 1 unspecified atom stereocenters. The maximum Gasteiger partial charge on any atom is 0.344 e. The predicted molar refractivity (Wildman–Crippen MR) is 116 cm³/mol. The number of nitrogens with one attached hydrogen (secondary N) is 2. The van der Waals surface area contributed by atoms with Crippen LogP contribution >= 0.6 is 11.6 Å². The number of halogens is 4. The van der Waals surface area contributed by atoms with Gasteiger partial charge in [-0.05, 0) is 38.1 Å². The van der Waals surface area contributed by atoms with Crippen molar-refractivity contribution in [2.24, 2.45) is 0 Å². The number of carbonyl (C=O) groups excluding carboxylic acids is 3. The first-order valence-electron chi connectivity index (χ1n) is 9.82. The van der Waals surface area contributed by atoms with Crippen LogP contribution in [0.15, 0.2) is 42.5 Å². The van der Waals surface area contributed by atoms with Crippen molar-refractivity contribution in [2.75, 3.05) is 11.9 Å². The minimum absolute atomic E-state index is 0.00533. The van der Waals surface area contributed by atoms with E-state index in [9.17, 15) is 27.6 Å². The zero-order chi connectivity index (χ0) is 25.0. The van der Waals surface area contributed by atoms with Crippen LogP contribution in [0.5, 0.6) is 0 Å². The molecule has 2 aromatic carbocycles. The van der Waals surface area contributed by atoms with Gasteiger partial charge in [-0.2, -0.15) is 5.10 Å². The Bertz CT molecular complexity index is 1250. The highest BCUT2D eigenvalue weighted by atomic mass is 35.5. The lowest BCUT2D eigenvalue weighted by Gasteiger charge is -2.14. The average Bonchev–Trinajstić information content (AvgIpc) is 3.12. The van der Waals surface area contributed by atoms with Crippen LogP contribution in [0, 0.1) is 24.4 Å². The highest BCUT2D eigenvalue weighted by Gasteiger charge is 2.26. The molecule has 178 valence electrons. The second-order valence-corrected chi connectivity index (χ2v) is 7.39. The summed E-state index contributed by atoms with van der Waals surface area (Å²) < 4.78 is 46.3. The van der Waals surface area contributed by atoms with Gasteiger partial charge in [0.15, 0.2) is 23.6 Å². The van der Waals surface area contributed by atoms with Gasteiger partial charge in [-0.25, -0.2) is 22.6 Å². The van der Waals surface area contributed by atoms with E-state index in [4.69, 9.17) is 16.3 Å². The fraction of sp³-hybridized carbons (Fsp3) is 0.182. The molecule has 3 rings (SSSR count). The van der Waals surface area contributed by atoms with Crippen molar-refractivity contribution in [1.29, 1.82) is 0 Å². The summed E-state index contributed by atoms with van der Waals surface area (Å²) in [5.41, 5.74) is 0.262. The van der Waals surface area contributed by atoms with Gasteiger partial charge in [-0.1, -0.05) is 29.8 Å². The summed E-state index contributed by atoms with van der Waals surface area (Å²) in [6, 6.07) is 10.3. The Labute approximate surface area is 196 Å². The van der Waals surface area contributed by atoms with Crippen LogP contribution in [-0.4, -0.2) is 40.2 Å². The highest BCUT2D eigenvalue weighted by Crippen LogP contribution is 2.24. The van der Waals surface area contributed by atoms with E-state index in [0.29, 0.717) is 11.8 Å². The van der Waals surface area contributed by atoms with Gasteiger partial charge in [0.25, 0.3) is 5.91 Å². The van der Waals surface area contributed by atoms with Gasteiger partial charge in [0.05, 0.1) is 23.6 Å². The summed E-state index contributed by atoms with van der Waals surface area (Å²) in [6.07, 6.45) is -1.32. The number of nitrogens with zero attached hydrogens (tertiary/aromatic N) is 2. The third-order valence-corrected chi connectivity index (χ3v) is 4.94. The van der Waals surface area contributed by atoms with E-state index in [-0.39, 0.29) is 16.4 Å². The second-order valence-electron chi connectivity index (χ2n) is 7.04. The Balaban J connectivity index is 1.59. The minimum Gasteiger partial charge on any atom is -0.449 e. The highest BCUT2D eigenvalue weighted by molar-refractivity contribution is 6.33. The largest absolute Gasteiger partial charge is 0.449 e. The number of carbonyl (C=O) groups is 3. The quantitative estimate of drug-likeness (QED) is 0.386. The lowest BCUT2D eigenvalue weighted by atomic mass is 10.2. The minimum atomic E-state index is -1.74. The molecule has 0 saturated carbocycles. The standard InChI is InChI=1S/C22H18ClF3N4O4/c1-11-17(20(23)30(29-11)13-6-4-3-5-7-13)22(33)34-12(2)21(32)27-10-16(31)28-15-9-8-14(24)18(25)19(15)26/h3-9,12H,10H2,1-2H3,(H,27,32)(H,28,31). The topological polar surface area (TPSA) is 102 Å². The number of anilines is 1. The van der Waals surface area contributed by atoms with Crippen LogP contribution in [-0.2, 0) is 14.3 Å². The van der Waals surface area contributed by atoms with E-state index < -0.39 is 53.6 Å². The number of aryl methyl sites for hydroxylation is 1. The van der Waals surface area contributed by atoms with Crippen molar-refractivity contribution in [3.8, 4) is 5.69 Å². The molecule has 2 N–H and O–H groups in total. The summed E-state index contributed by atoms with van der Waals surface area (Å²) in [5, 5.41) is 8.41. The van der Waals surface area contributed by atoms with Gasteiger partial charge in [-0.15, -0.1) is 0 Å². The molecule has 0 radical (unpaired) electrons. The van der Waals surface area contributed by atoms with Gasteiger partial charge in [0.1, 0.15) is 10.7 Å². The van der Waals surface area contributed by atoms with E-state index in [0.717, 1.165) is 6.07 Å². The van der Waals surface area contributed by atoms with E-state index in [1.54, 1.807) is 37.3 Å². The Kier molecular flexibility index (Phi) is 7.57. The van der Waals surface area contributed by atoms with Gasteiger partial charge in [0, 0.05) is 0 Å². The predicted octanol–water partition coefficient (Wildman–Crippen LogP) is 3.55. The number of hydrogen-bond donors (Lipinski definition) is 2. The number of benzene rings is 2. The monoisotopic (exact) mass is 494 g/mol. The Morgan fingerprint density at radius 3 is 2.44 bits per heavy atom. The van der Waals surface area contributed by atoms with Gasteiger partial charge < -0.3 is 15.4 Å². The molecule has 0 aliphatic heterocycles. The van der Waals surface area contributed by atoms with Gasteiger partial charge in [-0.3, -0.25) is 9.59 Å². The van der Waals surface area contributed by atoms with Gasteiger partial charge in [0.2, 0.25) is 5.91 Å². The molecule has 0 saturated heterocycles. The maximum atomic E-state index is 13.6. The zero-order valence-corrected chi connectivity index (χ0v) is 18.6. The first-order chi connectivity index (χ1) is 16.1. The van der Waals surface area contributed by atoms with Crippen LogP contribution in [0.1, 0.15) is 23.0 Å². The first kappa shape index (κ1) is 24.8. The van der Waals surface area contributed by atoms with Crippen LogP contribution in [0.2, 0.25) is 5.15 Å². The summed E-state index contributed by atoms with van der Waals surface area (Å²) >= 11 is 6.30. The first-order valence-corrected chi connectivity index (χ1v) is 10.2. The molecule has 1 aromatic heterocycles. The third-order valence-electron chi connectivity index (χ3n) is 4.59. The lowest BCUT2D eigenvalue weighted by molar-refractivity contribution is -0.130. The number of rotatable bonds is 7. The summed E-state index contributed by atoms with van der Waals surface area (Å²) in [6.45, 7) is 2.17. The molecule has 0 bridgehead atoms. The van der Waals surface area contributed by atoms with Crippen molar-refractivity contribution in [1.82, 2.24) is 15.1 Å². The van der Waals surface area contributed by atoms with Crippen LogP contribution in [0.4, 0.5) is 18.9 Å². The molecule has 34 heavy (non-hydrogen) atoms. The number of esters is 1. The van der Waals surface area contributed by atoms with Crippen molar-refractivity contribution in [3.05, 3.63) is 76.3 Å². The third kappa shape index (κ3) is 5.37. The maximum absolute atomic E-state index is 13.6. The Morgan fingerprint density at radius 2 is 1.76 bits per heavy atom. The smallest absolute Gasteiger partial charge is 0.344 e. The fourth-order valence-electron chi connectivity index (χ4n) is 2.87. The molecule has 0 fully saturated rings. The molecular formula is C22H18ClF3N4O4. The van der Waals surface area contributed by atoms with Crippen molar-refractivity contribution in [2.45, 2.75) is 20.0 Å². The Hall–Kier alpha value is -3.86. The molecule has 2 amide bonds. The summed E-state index contributed by atoms with van der Waals surface area (Å²) in [7, 11) is 0. The van der Waals surface area contributed by atoms with Crippen molar-refractivity contribution in [3.63, 3.8) is 0 Å². The molecule has 1 heterocycles. The molecular weight excluding hydrogens is 477 g/mol. The molecule has 8 nitrogen and oxygen atoms in total. The SMILES string of the molecule is Cc1nn(-c2ccccc2)c(Cl)c1C(=O)OC(C)C(=O)NCC(=O)Nc1ccc(F)c(F)c1F. The fourth-order valence-corrected chi connectivity index (χ4v) is 3.22. The van der Waals surface area contributed by atoms with Crippen LogP contribution in [0.3, 0.4) is 0 Å². The van der Waals surface area contributed by atoms with E-state index in [1.165, 1.54) is 11.6 Å². The van der Waals surface area contributed by atoms with E-state index in [2.05, 4.69) is 10.4 Å².